The second-order valence-electron chi connectivity index (χ2n) is 2.68. The molecule has 15 heavy (non-hydrogen) atoms. The van der Waals surface area contributed by atoms with Crippen molar-refractivity contribution in [3.05, 3.63) is 33.9 Å². The van der Waals surface area contributed by atoms with E-state index >= 15 is 0 Å². The molecule has 0 aliphatic carbocycles. The molecule has 5 nitrogen and oxygen atoms in total. The summed E-state index contributed by atoms with van der Waals surface area (Å²) in [6, 6.07) is 5.58. The van der Waals surface area contributed by atoms with Crippen LogP contribution >= 0.6 is 0 Å². The summed E-state index contributed by atoms with van der Waals surface area (Å²) in [5, 5.41) is 19.2. The highest BCUT2D eigenvalue weighted by Gasteiger charge is 2.13. The summed E-state index contributed by atoms with van der Waals surface area (Å²) in [6.45, 7) is 1.72. The highest BCUT2D eigenvalue weighted by atomic mass is 32.2. The molecule has 0 bridgehead atoms. The summed E-state index contributed by atoms with van der Waals surface area (Å²) in [6.07, 6.45) is 0. The van der Waals surface area contributed by atoms with E-state index < -0.39 is 15.7 Å². The lowest BCUT2D eigenvalue weighted by Gasteiger charge is -2.01. The van der Waals surface area contributed by atoms with Crippen LogP contribution in [0.2, 0.25) is 0 Å². The van der Waals surface area contributed by atoms with E-state index in [9.17, 15) is 14.3 Å². The smallest absolute Gasteiger partial charge is 0.258 e. The van der Waals surface area contributed by atoms with Crippen molar-refractivity contribution in [2.45, 2.75) is 11.8 Å². The summed E-state index contributed by atoms with van der Waals surface area (Å²) < 4.78 is 11.5. The number of nitro groups is 1. The van der Waals surface area contributed by atoms with Gasteiger partial charge in [0, 0.05) is 17.9 Å². The predicted molar refractivity (Wildman–Crippen MR) is 54.8 cm³/mol. The molecule has 0 fully saturated rings. The monoisotopic (exact) mass is 224 g/mol. The van der Waals surface area contributed by atoms with Gasteiger partial charge in [0.05, 0.1) is 26.2 Å². The van der Waals surface area contributed by atoms with Crippen LogP contribution in [-0.4, -0.2) is 14.9 Å². The van der Waals surface area contributed by atoms with Gasteiger partial charge in [0.2, 0.25) is 0 Å². The van der Waals surface area contributed by atoms with Crippen LogP contribution < -0.4 is 0 Å². The molecule has 0 amide bonds. The number of rotatable bonds is 3. The van der Waals surface area contributed by atoms with Gasteiger partial charge in [-0.1, -0.05) is 6.92 Å². The summed E-state index contributed by atoms with van der Waals surface area (Å²) in [7, 11) is -1.27. The van der Waals surface area contributed by atoms with Crippen LogP contribution in [-0.2, 0) is 10.8 Å². The maximum absolute atomic E-state index is 11.5. The Hall–Kier alpha value is -1.74. The van der Waals surface area contributed by atoms with E-state index in [2.05, 4.69) is 0 Å². The molecule has 1 atom stereocenters. The number of hydrogen-bond donors (Lipinski definition) is 0. The van der Waals surface area contributed by atoms with Crippen molar-refractivity contribution in [1.82, 2.24) is 0 Å². The molecule has 0 saturated carbocycles. The maximum Gasteiger partial charge on any atom is 0.270 e. The van der Waals surface area contributed by atoms with E-state index in [4.69, 9.17) is 5.26 Å². The van der Waals surface area contributed by atoms with Crippen LogP contribution in [0, 0.1) is 21.4 Å². The van der Waals surface area contributed by atoms with Crippen molar-refractivity contribution in [3.63, 3.8) is 0 Å². The van der Waals surface area contributed by atoms with Crippen molar-refractivity contribution >= 4 is 16.5 Å². The zero-order valence-corrected chi connectivity index (χ0v) is 8.78. The average molecular weight is 224 g/mol. The first-order valence-electron chi connectivity index (χ1n) is 4.17. The Morgan fingerprint density at radius 3 is 2.73 bits per heavy atom. The van der Waals surface area contributed by atoms with Crippen molar-refractivity contribution in [3.8, 4) is 6.07 Å². The van der Waals surface area contributed by atoms with Crippen molar-refractivity contribution in [1.29, 1.82) is 5.26 Å². The van der Waals surface area contributed by atoms with Crippen LogP contribution in [0.5, 0.6) is 0 Å². The molecule has 78 valence electrons. The molecule has 6 heteroatoms. The predicted octanol–water partition coefficient (Wildman–Crippen LogP) is 1.59. The van der Waals surface area contributed by atoms with Crippen LogP contribution in [0.4, 0.5) is 5.69 Å². The molecule has 0 aromatic heterocycles. The SMILES string of the molecule is CCS(=O)c1ccc([N+](=O)[O-])cc1C#N. The van der Waals surface area contributed by atoms with Crippen LogP contribution in [0.25, 0.3) is 0 Å². The Bertz CT molecular complexity index is 465. The Kier molecular flexibility index (Phi) is 3.52. The van der Waals surface area contributed by atoms with Gasteiger partial charge in [0.1, 0.15) is 6.07 Å². The lowest BCUT2D eigenvalue weighted by Crippen LogP contribution is -1.98. The number of hydrogen-bond acceptors (Lipinski definition) is 4. The minimum Gasteiger partial charge on any atom is -0.258 e. The number of benzene rings is 1. The highest BCUT2D eigenvalue weighted by molar-refractivity contribution is 7.85. The van der Waals surface area contributed by atoms with Crippen molar-refractivity contribution in [2.24, 2.45) is 0 Å². The van der Waals surface area contributed by atoms with E-state index in [1.165, 1.54) is 12.1 Å². The molecule has 1 rings (SSSR count). The van der Waals surface area contributed by atoms with Gasteiger partial charge in [-0.2, -0.15) is 5.26 Å². The van der Waals surface area contributed by atoms with Gasteiger partial charge in [-0.05, 0) is 6.07 Å². The van der Waals surface area contributed by atoms with Gasteiger partial charge in [-0.15, -0.1) is 0 Å². The first kappa shape index (κ1) is 11.3. The van der Waals surface area contributed by atoms with Gasteiger partial charge in [0.25, 0.3) is 5.69 Å². The first-order valence-corrected chi connectivity index (χ1v) is 5.49. The molecule has 0 spiro atoms. The summed E-state index contributed by atoms with van der Waals surface area (Å²) in [5.41, 5.74) is -0.0622. The van der Waals surface area contributed by atoms with Gasteiger partial charge < -0.3 is 0 Å². The number of nitro benzene ring substituents is 1. The minimum absolute atomic E-state index is 0.101. The molecule has 0 aliphatic heterocycles. The summed E-state index contributed by atoms with van der Waals surface area (Å²) >= 11 is 0. The second kappa shape index (κ2) is 4.66. The third-order valence-electron chi connectivity index (χ3n) is 1.80. The average Bonchev–Trinajstić information content (AvgIpc) is 2.27. The molecule has 0 heterocycles. The second-order valence-corrected chi connectivity index (χ2v) is 4.39. The quantitative estimate of drug-likeness (QED) is 0.576. The Morgan fingerprint density at radius 1 is 1.60 bits per heavy atom. The van der Waals surface area contributed by atoms with E-state index in [-0.39, 0.29) is 11.3 Å². The van der Waals surface area contributed by atoms with E-state index in [0.29, 0.717) is 10.6 Å². The molecular weight excluding hydrogens is 216 g/mol. The topological polar surface area (TPSA) is 84.0 Å². The molecule has 1 aromatic carbocycles. The zero-order chi connectivity index (χ0) is 11.4. The Labute approximate surface area is 88.9 Å². The van der Waals surface area contributed by atoms with E-state index in [0.717, 1.165) is 6.07 Å². The number of nitrogens with zero attached hydrogens (tertiary/aromatic N) is 2. The van der Waals surface area contributed by atoms with Crippen LogP contribution in [0.3, 0.4) is 0 Å². The van der Waals surface area contributed by atoms with E-state index in [1.54, 1.807) is 6.92 Å². The summed E-state index contributed by atoms with van der Waals surface area (Å²) in [4.78, 5) is 10.2. The molecular formula is C9H8N2O3S. The Morgan fingerprint density at radius 2 is 2.27 bits per heavy atom. The maximum atomic E-state index is 11.5. The molecule has 0 aliphatic rings. The Balaban J connectivity index is 3.28. The fourth-order valence-electron chi connectivity index (χ4n) is 1.07. The fraction of sp³-hybridized carbons (Fsp3) is 0.222. The van der Waals surface area contributed by atoms with Crippen LogP contribution in [0.15, 0.2) is 23.1 Å². The van der Waals surface area contributed by atoms with Gasteiger partial charge >= 0.3 is 0 Å². The van der Waals surface area contributed by atoms with Gasteiger partial charge in [0.15, 0.2) is 0 Å². The van der Waals surface area contributed by atoms with Crippen molar-refractivity contribution in [2.75, 3.05) is 5.75 Å². The third kappa shape index (κ3) is 2.39. The third-order valence-corrected chi connectivity index (χ3v) is 3.17. The molecule has 0 radical (unpaired) electrons. The molecule has 0 saturated heterocycles. The number of nitriles is 1. The van der Waals surface area contributed by atoms with Crippen molar-refractivity contribution < 1.29 is 9.13 Å². The summed E-state index contributed by atoms with van der Waals surface area (Å²) in [5.74, 6) is 0.381. The standard InChI is InChI=1S/C9H8N2O3S/c1-2-15(14)9-4-3-8(11(12)13)5-7(9)6-10/h3-5H,2H2,1H3. The highest BCUT2D eigenvalue weighted by Crippen LogP contribution is 2.20. The lowest BCUT2D eigenvalue weighted by molar-refractivity contribution is -0.384. The molecule has 0 N–H and O–H groups in total. The van der Waals surface area contributed by atoms with Gasteiger partial charge in [-0.25, -0.2) is 0 Å². The molecule has 1 unspecified atom stereocenters. The fourth-order valence-corrected chi connectivity index (χ4v) is 1.95. The number of non-ortho nitro benzene ring substituents is 1. The minimum atomic E-state index is -1.27. The largest absolute Gasteiger partial charge is 0.270 e. The normalized spacial score (nSPS) is 11.7. The van der Waals surface area contributed by atoms with Gasteiger partial charge in [-0.3, -0.25) is 14.3 Å². The first-order chi connectivity index (χ1) is 7.10. The lowest BCUT2D eigenvalue weighted by atomic mass is 10.2. The van der Waals surface area contributed by atoms with Crippen LogP contribution in [0.1, 0.15) is 12.5 Å². The van der Waals surface area contributed by atoms with E-state index in [1.807, 2.05) is 6.07 Å². The molecule has 1 aromatic rings. The zero-order valence-electron chi connectivity index (χ0n) is 7.97.